The van der Waals surface area contributed by atoms with E-state index < -0.39 is 0 Å². The zero-order valence-electron chi connectivity index (χ0n) is 11.3. The molecule has 1 nitrogen and oxygen atoms in total. The van der Waals surface area contributed by atoms with E-state index in [0.717, 1.165) is 5.56 Å². The quantitative estimate of drug-likeness (QED) is 0.715. The summed E-state index contributed by atoms with van der Waals surface area (Å²) in [5, 5.41) is 0. The van der Waals surface area contributed by atoms with Crippen LogP contribution in [-0.2, 0) is 0 Å². The summed E-state index contributed by atoms with van der Waals surface area (Å²) < 4.78 is 0. The third kappa shape index (κ3) is 2.79. The second-order valence-corrected chi connectivity index (χ2v) is 5.94. The molecule has 0 spiro atoms. The second kappa shape index (κ2) is 4.93. The standard InChI is InChI=1S/C17H20O/c1-17(2,3)15-11-7-10-14(15)12-16(18)13-8-5-4-6-9-13/h4-11,15H,12H2,1-3H3. The topological polar surface area (TPSA) is 17.1 Å². The van der Waals surface area contributed by atoms with E-state index in [0.29, 0.717) is 12.3 Å². The Labute approximate surface area is 109 Å². The third-order valence-corrected chi connectivity index (χ3v) is 3.41. The van der Waals surface area contributed by atoms with Gasteiger partial charge in [-0.3, -0.25) is 4.79 Å². The van der Waals surface area contributed by atoms with Gasteiger partial charge in [0, 0.05) is 17.9 Å². The Morgan fingerprint density at radius 2 is 1.83 bits per heavy atom. The van der Waals surface area contributed by atoms with Crippen molar-refractivity contribution >= 4 is 5.78 Å². The first-order valence-corrected chi connectivity index (χ1v) is 6.44. The minimum atomic E-state index is 0.176. The summed E-state index contributed by atoms with van der Waals surface area (Å²) in [5.41, 5.74) is 2.21. The van der Waals surface area contributed by atoms with E-state index in [9.17, 15) is 4.79 Å². The Morgan fingerprint density at radius 1 is 1.17 bits per heavy atom. The summed E-state index contributed by atoms with van der Waals surface area (Å²) in [4.78, 5) is 12.2. The fraction of sp³-hybridized carbons (Fsp3) is 0.353. The van der Waals surface area contributed by atoms with Crippen molar-refractivity contribution in [2.45, 2.75) is 27.2 Å². The summed E-state index contributed by atoms with van der Waals surface area (Å²) >= 11 is 0. The molecule has 1 unspecified atom stereocenters. The molecule has 0 radical (unpaired) electrons. The summed E-state index contributed by atoms with van der Waals surface area (Å²) in [7, 11) is 0. The van der Waals surface area contributed by atoms with Crippen molar-refractivity contribution in [2.75, 3.05) is 0 Å². The number of ketones is 1. The van der Waals surface area contributed by atoms with Crippen LogP contribution in [0, 0.1) is 11.3 Å². The van der Waals surface area contributed by atoms with Crippen LogP contribution in [0.1, 0.15) is 37.6 Å². The molecule has 0 aliphatic heterocycles. The van der Waals surface area contributed by atoms with Gasteiger partial charge in [-0.2, -0.15) is 0 Å². The molecule has 18 heavy (non-hydrogen) atoms. The van der Waals surface area contributed by atoms with Crippen LogP contribution in [0.15, 0.2) is 54.1 Å². The highest BCUT2D eigenvalue weighted by Gasteiger charge is 2.28. The molecule has 1 aliphatic carbocycles. The van der Waals surface area contributed by atoms with Gasteiger partial charge in [-0.1, -0.05) is 74.9 Å². The van der Waals surface area contributed by atoms with Crippen LogP contribution < -0.4 is 0 Å². The highest BCUT2D eigenvalue weighted by molar-refractivity contribution is 5.97. The summed E-state index contributed by atoms with van der Waals surface area (Å²) in [6, 6.07) is 9.53. The number of hydrogen-bond acceptors (Lipinski definition) is 1. The molecule has 0 saturated heterocycles. The Hall–Kier alpha value is -1.63. The van der Waals surface area contributed by atoms with E-state index in [1.165, 1.54) is 5.57 Å². The number of hydrogen-bond donors (Lipinski definition) is 0. The smallest absolute Gasteiger partial charge is 0.166 e. The van der Waals surface area contributed by atoms with Crippen molar-refractivity contribution in [1.29, 1.82) is 0 Å². The van der Waals surface area contributed by atoms with Crippen LogP contribution >= 0.6 is 0 Å². The van der Waals surface area contributed by atoms with Gasteiger partial charge in [0.15, 0.2) is 5.78 Å². The predicted molar refractivity (Wildman–Crippen MR) is 75.6 cm³/mol. The number of benzene rings is 1. The maximum Gasteiger partial charge on any atom is 0.166 e. The Kier molecular flexibility index (Phi) is 3.51. The minimum Gasteiger partial charge on any atom is -0.294 e. The normalized spacial score (nSPS) is 18.8. The zero-order chi connectivity index (χ0) is 13.2. The molecule has 0 saturated carbocycles. The van der Waals surface area contributed by atoms with E-state index >= 15 is 0 Å². The number of allylic oxidation sites excluding steroid dienone is 4. The Morgan fingerprint density at radius 3 is 2.44 bits per heavy atom. The van der Waals surface area contributed by atoms with Gasteiger partial charge in [-0.15, -0.1) is 0 Å². The molecule has 2 rings (SSSR count). The fourth-order valence-electron chi connectivity index (χ4n) is 2.44. The molecule has 1 aliphatic rings. The maximum absolute atomic E-state index is 12.2. The maximum atomic E-state index is 12.2. The molecule has 1 aromatic rings. The lowest BCUT2D eigenvalue weighted by Gasteiger charge is -2.28. The molecule has 1 atom stereocenters. The lowest BCUT2D eigenvalue weighted by atomic mass is 9.76. The van der Waals surface area contributed by atoms with Crippen LogP contribution in [-0.4, -0.2) is 5.78 Å². The average Bonchev–Trinajstić information content (AvgIpc) is 2.78. The van der Waals surface area contributed by atoms with Crippen molar-refractivity contribution in [1.82, 2.24) is 0 Å². The highest BCUT2D eigenvalue weighted by Crippen LogP contribution is 2.37. The first-order chi connectivity index (χ1) is 8.48. The number of carbonyl (C=O) groups is 1. The molecule has 0 bridgehead atoms. The fourth-order valence-corrected chi connectivity index (χ4v) is 2.44. The Bertz CT molecular complexity index is 486. The molecular weight excluding hydrogens is 220 g/mol. The molecule has 0 fully saturated rings. The molecule has 0 amide bonds. The van der Waals surface area contributed by atoms with Crippen molar-refractivity contribution in [3.05, 3.63) is 59.7 Å². The molecule has 0 heterocycles. The molecule has 1 heteroatoms. The SMILES string of the molecule is CC(C)(C)C1C=CC=C1CC(=O)c1ccccc1. The first-order valence-electron chi connectivity index (χ1n) is 6.44. The molecule has 0 N–H and O–H groups in total. The van der Waals surface area contributed by atoms with E-state index in [4.69, 9.17) is 0 Å². The van der Waals surface area contributed by atoms with Crippen molar-refractivity contribution in [2.24, 2.45) is 11.3 Å². The minimum absolute atomic E-state index is 0.176. The third-order valence-electron chi connectivity index (χ3n) is 3.41. The Balaban J connectivity index is 2.10. The van der Waals surface area contributed by atoms with E-state index in [2.05, 4.69) is 39.0 Å². The molecular formula is C17H20O. The number of Topliss-reactive ketones (excluding diaryl/α,β-unsaturated/α-hetero) is 1. The number of carbonyl (C=O) groups excluding carboxylic acids is 1. The van der Waals surface area contributed by atoms with Gasteiger partial charge >= 0.3 is 0 Å². The van der Waals surface area contributed by atoms with E-state index in [-0.39, 0.29) is 11.2 Å². The van der Waals surface area contributed by atoms with Gasteiger partial charge in [0.05, 0.1) is 0 Å². The van der Waals surface area contributed by atoms with Gasteiger partial charge in [0.25, 0.3) is 0 Å². The van der Waals surface area contributed by atoms with Crippen molar-refractivity contribution in [3.8, 4) is 0 Å². The summed E-state index contributed by atoms with van der Waals surface area (Å²) in [6.07, 6.45) is 6.90. The molecule has 94 valence electrons. The van der Waals surface area contributed by atoms with Gasteiger partial charge in [-0.05, 0) is 5.41 Å². The average molecular weight is 240 g/mol. The van der Waals surface area contributed by atoms with Gasteiger partial charge in [0.2, 0.25) is 0 Å². The van der Waals surface area contributed by atoms with Crippen LogP contribution in [0.3, 0.4) is 0 Å². The summed E-state index contributed by atoms with van der Waals surface area (Å²) in [6.45, 7) is 6.65. The van der Waals surface area contributed by atoms with Crippen molar-refractivity contribution < 1.29 is 4.79 Å². The highest BCUT2D eigenvalue weighted by atomic mass is 16.1. The van der Waals surface area contributed by atoms with E-state index in [1.807, 2.05) is 30.3 Å². The molecule has 0 aromatic heterocycles. The lowest BCUT2D eigenvalue weighted by Crippen LogP contribution is -2.20. The lowest BCUT2D eigenvalue weighted by molar-refractivity contribution is 0.0988. The summed E-state index contributed by atoms with van der Waals surface area (Å²) in [5.74, 6) is 0.588. The number of rotatable bonds is 3. The van der Waals surface area contributed by atoms with Crippen LogP contribution in [0.4, 0.5) is 0 Å². The largest absolute Gasteiger partial charge is 0.294 e. The van der Waals surface area contributed by atoms with Gasteiger partial charge in [-0.25, -0.2) is 0 Å². The predicted octanol–water partition coefficient (Wildman–Crippen LogP) is 4.42. The van der Waals surface area contributed by atoms with E-state index in [1.54, 1.807) is 0 Å². The van der Waals surface area contributed by atoms with Gasteiger partial charge < -0.3 is 0 Å². The first kappa shape index (κ1) is 12.8. The molecule has 1 aromatic carbocycles. The second-order valence-electron chi connectivity index (χ2n) is 5.94. The van der Waals surface area contributed by atoms with Crippen LogP contribution in [0.5, 0.6) is 0 Å². The monoisotopic (exact) mass is 240 g/mol. The van der Waals surface area contributed by atoms with Crippen LogP contribution in [0.2, 0.25) is 0 Å². The van der Waals surface area contributed by atoms with Crippen LogP contribution in [0.25, 0.3) is 0 Å². The van der Waals surface area contributed by atoms with Gasteiger partial charge in [0.1, 0.15) is 0 Å². The zero-order valence-corrected chi connectivity index (χ0v) is 11.3. The van der Waals surface area contributed by atoms with Crippen molar-refractivity contribution in [3.63, 3.8) is 0 Å².